The van der Waals surface area contributed by atoms with E-state index < -0.39 is 4.84 Å². The van der Waals surface area contributed by atoms with Gasteiger partial charge in [-0.1, -0.05) is 29.3 Å². The standard InChI is InChI=1S/C14H14Cl2N4OS/c15-12(16)13(21)19-5-7-20(8-6-19)14-17-4-3-10(18-14)11-2-1-9-22-11/h1-4,9,12H,5-8H2. The summed E-state index contributed by atoms with van der Waals surface area (Å²) in [5, 5.41) is 2.02. The number of rotatable bonds is 3. The van der Waals surface area contributed by atoms with Gasteiger partial charge in [-0.3, -0.25) is 4.79 Å². The molecular formula is C14H14Cl2N4OS. The lowest BCUT2D eigenvalue weighted by Gasteiger charge is -2.35. The van der Waals surface area contributed by atoms with E-state index in [-0.39, 0.29) is 5.91 Å². The first-order chi connectivity index (χ1) is 10.6. The lowest BCUT2D eigenvalue weighted by molar-refractivity contribution is -0.129. The van der Waals surface area contributed by atoms with E-state index in [1.54, 1.807) is 22.4 Å². The van der Waals surface area contributed by atoms with E-state index in [0.717, 1.165) is 10.6 Å². The van der Waals surface area contributed by atoms with Crippen LogP contribution >= 0.6 is 34.5 Å². The number of alkyl halides is 2. The third-order valence-corrected chi connectivity index (χ3v) is 4.74. The van der Waals surface area contributed by atoms with Gasteiger partial charge in [0.15, 0.2) is 4.84 Å². The summed E-state index contributed by atoms with van der Waals surface area (Å²) < 4.78 is 0. The van der Waals surface area contributed by atoms with Gasteiger partial charge in [-0.2, -0.15) is 0 Å². The summed E-state index contributed by atoms with van der Waals surface area (Å²) in [7, 11) is 0. The molecule has 1 saturated heterocycles. The Bertz CT molecular complexity index is 642. The maximum absolute atomic E-state index is 11.8. The van der Waals surface area contributed by atoms with Crippen LogP contribution in [-0.4, -0.2) is 51.8 Å². The Labute approximate surface area is 142 Å². The van der Waals surface area contributed by atoms with Gasteiger partial charge in [0.2, 0.25) is 5.95 Å². The molecule has 116 valence electrons. The van der Waals surface area contributed by atoms with Crippen molar-refractivity contribution in [3.63, 3.8) is 0 Å². The minimum Gasteiger partial charge on any atom is -0.337 e. The van der Waals surface area contributed by atoms with Crippen LogP contribution in [0.2, 0.25) is 0 Å². The normalized spacial score (nSPS) is 15.4. The van der Waals surface area contributed by atoms with Gasteiger partial charge in [0.25, 0.3) is 5.91 Å². The van der Waals surface area contributed by atoms with Gasteiger partial charge >= 0.3 is 0 Å². The topological polar surface area (TPSA) is 49.3 Å². The molecule has 22 heavy (non-hydrogen) atoms. The number of amides is 1. The maximum Gasteiger partial charge on any atom is 0.255 e. The van der Waals surface area contributed by atoms with Gasteiger partial charge in [-0.05, 0) is 17.5 Å². The molecule has 0 unspecified atom stereocenters. The van der Waals surface area contributed by atoms with Crippen LogP contribution in [0.4, 0.5) is 5.95 Å². The van der Waals surface area contributed by atoms with E-state index in [1.807, 2.05) is 23.6 Å². The number of carbonyl (C=O) groups excluding carboxylic acids is 1. The Balaban J connectivity index is 1.69. The molecule has 2 aromatic rings. The summed E-state index contributed by atoms with van der Waals surface area (Å²) in [6.45, 7) is 2.48. The molecule has 0 radical (unpaired) electrons. The van der Waals surface area contributed by atoms with E-state index in [4.69, 9.17) is 23.2 Å². The van der Waals surface area contributed by atoms with Crippen molar-refractivity contribution >= 4 is 46.4 Å². The van der Waals surface area contributed by atoms with E-state index in [0.29, 0.717) is 32.1 Å². The van der Waals surface area contributed by atoms with Crippen LogP contribution in [0.3, 0.4) is 0 Å². The number of piperazine rings is 1. The predicted octanol–water partition coefficient (Wildman–Crippen LogP) is 2.66. The van der Waals surface area contributed by atoms with E-state index in [9.17, 15) is 4.79 Å². The molecule has 1 amide bonds. The zero-order chi connectivity index (χ0) is 15.5. The first kappa shape index (κ1) is 15.5. The minimum absolute atomic E-state index is 0.240. The highest BCUT2D eigenvalue weighted by atomic mass is 35.5. The van der Waals surface area contributed by atoms with Crippen LogP contribution in [0.5, 0.6) is 0 Å². The van der Waals surface area contributed by atoms with E-state index >= 15 is 0 Å². The van der Waals surface area contributed by atoms with Gasteiger partial charge < -0.3 is 9.80 Å². The molecule has 1 aliphatic heterocycles. The molecule has 0 saturated carbocycles. The number of carbonyl (C=O) groups is 1. The van der Waals surface area contributed by atoms with E-state index in [2.05, 4.69) is 14.9 Å². The molecule has 0 N–H and O–H groups in total. The molecule has 8 heteroatoms. The highest BCUT2D eigenvalue weighted by Gasteiger charge is 2.25. The zero-order valence-electron chi connectivity index (χ0n) is 11.7. The monoisotopic (exact) mass is 356 g/mol. The molecule has 0 aromatic carbocycles. The van der Waals surface area contributed by atoms with Crippen molar-refractivity contribution in [3.8, 4) is 10.6 Å². The summed E-state index contributed by atoms with van der Waals surface area (Å²) in [6.07, 6.45) is 1.77. The van der Waals surface area contributed by atoms with Crippen molar-refractivity contribution in [2.24, 2.45) is 0 Å². The summed E-state index contributed by atoms with van der Waals surface area (Å²) in [5.74, 6) is 0.447. The smallest absolute Gasteiger partial charge is 0.255 e. The number of thiophene rings is 1. The third-order valence-electron chi connectivity index (χ3n) is 3.48. The number of hydrogen-bond donors (Lipinski definition) is 0. The fraction of sp³-hybridized carbons (Fsp3) is 0.357. The van der Waals surface area contributed by atoms with Crippen LogP contribution in [0.1, 0.15) is 0 Å². The molecule has 3 rings (SSSR count). The summed E-state index contributed by atoms with van der Waals surface area (Å²) >= 11 is 12.9. The number of halogens is 2. The van der Waals surface area contributed by atoms with Gasteiger partial charge in [-0.15, -0.1) is 11.3 Å². The quantitative estimate of drug-likeness (QED) is 0.793. The van der Waals surface area contributed by atoms with Gasteiger partial charge in [0, 0.05) is 32.4 Å². The lowest BCUT2D eigenvalue weighted by atomic mass is 10.3. The molecule has 2 aromatic heterocycles. The average Bonchev–Trinajstić information content (AvgIpc) is 3.09. The number of anilines is 1. The Morgan fingerprint density at radius 2 is 2.00 bits per heavy atom. The van der Waals surface area contributed by atoms with Gasteiger partial charge in [0.1, 0.15) is 0 Å². The maximum atomic E-state index is 11.8. The molecular weight excluding hydrogens is 343 g/mol. The van der Waals surface area contributed by atoms with Crippen molar-refractivity contribution in [1.82, 2.24) is 14.9 Å². The highest BCUT2D eigenvalue weighted by molar-refractivity contribution is 7.13. The number of nitrogens with zero attached hydrogens (tertiary/aromatic N) is 4. The molecule has 1 aliphatic rings. The molecule has 0 spiro atoms. The number of hydrogen-bond acceptors (Lipinski definition) is 5. The minimum atomic E-state index is -0.995. The average molecular weight is 357 g/mol. The van der Waals surface area contributed by atoms with Gasteiger partial charge in [0.05, 0.1) is 10.6 Å². The molecule has 1 fully saturated rings. The zero-order valence-corrected chi connectivity index (χ0v) is 14.0. The van der Waals surface area contributed by atoms with Crippen molar-refractivity contribution in [1.29, 1.82) is 0 Å². The third kappa shape index (κ3) is 3.34. The molecule has 0 bridgehead atoms. The van der Waals surface area contributed by atoms with Gasteiger partial charge in [-0.25, -0.2) is 9.97 Å². The Hall–Kier alpha value is -1.37. The van der Waals surface area contributed by atoms with Crippen LogP contribution < -0.4 is 4.90 Å². The second kappa shape index (κ2) is 6.81. The molecule has 0 atom stereocenters. The lowest BCUT2D eigenvalue weighted by Crippen LogP contribution is -2.50. The largest absolute Gasteiger partial charge is 0.337 e. The van der Waals surface area contributed by atoms with Crippen LogP contribution in [0, 0.1) is 0 Å². The van der Waals surface area contributed by atoms with Crippen molar-refractivity contribution in [2.75, 3.05) is 31.1 Å². The van der Waals surface area contributed by atoms with E-state index in [1.165, 1.54) is 0 Å². The summed E-state index contributed by atoms with van der Waals surface area (Å²) in [4.78, 5) is 24.6. The first-order valence-corrected chi connectivity index (χ1v) is 8.59. The fourth-order valence-corrected chi connectivity index (χ4v) is 3.30. The SMILES string of the molecule is O=C(C(Cl)Cl)N1CCN(c2nccc(-c3cccs3)n2)CC1. The van der Waals surface area contributed by atoms with Crippen LogP contribution in [-0.2, 0) is 4.79 Å². The highest BCUT2D eigenvalue weighted by Crippen LogP contribution is 2.24. The second-order valence-electron chi connectivity index (χ2n) is 4.83. The Morgan fingerprint density at radius 1 is 1.23 bits per heavy atom. The van der Waals surface area contributed by atoms with Crippen LogP contribution in [0.15, 0.2) is 29.8 Å². The van der Waals surface area contributed by atoms with Crippen molar-refractivity contribution in [3.05, 3.63) is 29.8 Å². The molecule has 3 heterocycles. The Kier molecular flexibility index (Phi) is 4.81. The summed E-state index contributed by atoms with van der Waals surface area (Å²) in [6, 6.07) is 5.94. The van der Waals surface area contributed by atoms with Crippen LogP contribution in [0.25, 0.3) is 10.6 Å². The summed E-state index contributed by atoms with van der Waals surface area (Å²) in [5.41, 5.74) is 0.917. The number of aromatic nitrogens is 2. The molecule has 0 aliphatic carbocycles. The Morgan fingerprint density at radius 3 is 2.64 bits per heavy atom. The first-order valence-electron chi connectivity index (χ1n) is 6.84. The van der Waals surface area contributed by atoms with Crippen molar-refractivity contribution < 1.29 is 4.79 Å². The fourth-order valence-electron chi connectivity index (χ4n) is 2.33. The predicted molar refractivity (Wildman–Crippen MR) is 89.6 cm³/mol. The molecule has 5 nitrogen and oxygen atoms in total. The second-order valence-corrected chi connectivity index (χ2v) is 6.88. The van der Waals surface area contributed by atoms with Crippen molar-refractivity contribution in [2.45, 2.75) is 4.84 Å².